The number of aliphatic hydroxyl groups is 5. The third kappa shape index (κ3) is 47.0. The Morgan fingerprint density at radius 3 is 1.26 bits per heavy atom. The zero-order valence-corrected chi connectivity index (χ0v) is 51.8. The van der Waals surface area contributed by atoms with Crippen LogP contribution in [0.15, 0.2) is 48.6 Å². The molecule has 0 radical (unpaired) electrons. The quantitative estimate of drug-likeness (QED) is 0.0195. The van der Waals surface area contributed by atoms with Crippen molar-refractivity contribution in [2.45, 2.75) is 358 Å². The summed E-state index contributed by atoms with van der Waals surface area (Å²) in [6.07, 6.45) is 65.2. The predicted octanol–water partition coefficient (Wildman–Crippen LogP) is 16.8. The van der Waals surface area contributed by atoms with Gasteiger partial charge in [0.25, 0.3) is 0 Å². The Morgan fingerprint density at radius 2 is 0.812 bits per heavy atom. The molecule has 11 heteroatoms. The van der Waals surface area contributed by atoms with Crippen LogP contribution in [0.2, 0.25) is 0 Å². The third-order valence-corrected chi connectivity index (χ3v) is 15.9. The molecule has 0 aromatic rings. The van der Waals surface area contributed by atoms with Crippen LogP contribution in [0.5, 0.6) is 0 Å². The Labute approximate surface area is 491 Å². The summed E-state index contributed by atoms with van der Waals surface area (Å²) in [5.41, 5.74) is 0. The van der Waals surface area contributed by atoms with Crippen LogP contribution in [-0.4, -0.2) is 100 Å². The summed E-state index contributed by atoms with van der Waals surface area (Å²) in [6.45, 7) is 4.31. The van der Waals surface area contributed by atoms with Crippen LogP contribution >= 0.6 is 0 Å². The fraction of sp³-hybridized carbons (Fsp3) is 0.855. The smallest absolute Gasteiger partial charge is 0.305 e. The number of nitrogens with one attached hydrogen (secondary N) is 1. The standard InChI is InChI=1S/C69H127NO10/c1-3-5-7-9-11-13-15-32-36-39-43-47-51-55-62(72)61(60-79-69-68(77)67(76)66(75)63(59-71)80-69)70-64(73)56-52-48-44-40-37-33-30-28-26-24-22-20-18-16-17-19-21-23-25-27-29-31-34-38-42-46-50-54-58-78-65(74)57-53-49-45-41-35-14-12-10-8-6-4-2/h11,13,16-17,36,39,51,55,61-63,66-69,71-72,75-77H,3-10,12,14-15,18-35,37-38,40-50,52-54,56-60H2,1-2H3,(H,70,73)/b13-11+,17-16-,39-36+,55-51+. The molecule has 7 atom stereocenters. The van der Waals surface area contributed by atoms with Crippen LogP contribution in [0.3, 0.4) is 0 Å². The van der Waals surface area contributed by atoms with Crippen LogP contribution in [-0.2, 0) is 23.8 Å². The highest BCUT2D eigenvalue weighted by atomic mass is 16.7. The Bertz CT molecular complexity index is 1470. The molecule has 0 bridgehead atoms. The first-order chi connectivity index (χ1) is 39.2. The number of esters is 1. The number of carbonyl (C=O) groups is 2. The maximum atomic E-state index is 13.0. The van der Waals surface area contributed by atoms with Crippen LogP contribution in [0.1, 0.15) is 316 Å². The third-order valence-electron chi connectivity index (χ3n) is 15.9. The Morgan fingerprint density at radius 1 is 0.450 bits per heavy atom. The minimum atomic E-state index is -1.58. The molecule has 0 aromatic heterocycles. The minimum absolute atomic E-state index is 0.00581. The first-order valence-corrected chi connectivity index (χ1v) is 33.9. The van der Waals surface area contributed by atoms with Gasteiger partial charge < -0.3 is 45.1 Å². The highest BCUT2D eigenvalue weighted by Crippen LogP contribution is 2.23. The van der Waals surface area contributed by atoms with Gasteiger partial charge in [-0.1, -0.05) is 268 Å². The van der Waals surface area contributed by atoms with E-state index < -0.39 is 49.5 Å². The molecule has 1 aliphatic rings. The summed E-state index contributed by atoms with van der Waals surface area (Å²) in [5, 5.41) is 54.4. The number of unbranched alkanes of at least 4 members (excludes halogenated alkanes) is 39. The monoisotopic (exact) mass is 1130 g/mol. The predicted molar refractivity (Wildman–Crippen MR) is 334 cm³/mol. The van der Waals surface area contributed by atoms with Gasteiger partial charge in [-0.15, -0.1) is 0 Å². The van der Waals surface area contributed by atoms with Crippen molar-refractivity contribution in [3.63, 3.8) is 0 Å². The summed E-state index contributed by atoms with van der Waals surface area (Å²) in [5.74, 6) is -0.191. The molecule has 1 saturated heterocycles. The van der Waals surface area contributed by atoms with Crippen molar-refractivity contribution < 1.29 is 49.3 Å². The molecule has 1 amide bonds. The van der Waals surface area contributed by atoms with Gasteiger partial charge in [0.2, 0.25) is 5.91 Å². The van der Waals surface area contributed by atoms with Gasteiger partial charge in [-0.25, -0.2) is 0 Å². The van der Waals surface area contributed by atoms with Gasteiger partial charge >= 0.3 is 5.97 Å². The molecule has 11 nitrogen and oxygen atoms in total. The van der Waals surface area contributed by atoms with Crippen molar-refractivity contribution in [3.8, 4) is 0 Å². The van der Waals surface area contributed by atoms with Crippen LogP contribution in [0.4, 0.5) is 0 Å². The average molecular weight is 1130 g/mol. The van der Waals surface area contributed by atoms with E-state index in [9.17, 15) is 35.1 Å². The molecular weight excluding hydrogens is 1000 g/mol. The molecule has 1 heterocycles. The van der Waals surface area contributed by atoms with Crippen molar-refractivity contribution in [1.29, 1.82) is 0 Å². The SMILES string of the molecule is CCCCC/C=C/CC/C=C/CC/C=C/C(O)C(COC1OC(CO)C(O)C(O)C1O)NC(=O)CCCCCCCCCCCCCC/C=C\CCCCCCCCCCCCCCOC(=O)CCCCCCCCCCCCC. The molecule has 6 N–H and O–H groups in total. The van der Waals surface area contributed by atoms with E-state index in [2.05, 4.69) is 55.6 Å². The molecule has 80 heavy (non-hydrogen) atoms. The highest BCUT2D eigenvalue weighted by molar-refractivity contribution is 5.76. The molecule has 468 valence electrons. The highest BCUT2D eigenvalue weighted by Gasteiger charge is 2.44. The molecular formula is C69H127NO10. The van der Waals surface area contributed by atoms with Gasteiger partial charge in [-0.3, -0.25) is 9.59 Å². The summed E-state index contributed by atoms with van der Waals surface area (Å²) in [4.78, 5) is 25.1. The molecule has 1 fully saturated rings. The lowest BCUT2D eigenvalue weighted by molar-refractivity contribution is -0.302. The van der Waals surface area contributed by atoms with E-state index >= 15 is 0 Å². The number of hydrogen-bond donors (Lipinski definition) is 6. The van der Waals surface area contributed by atoms with Gasteiger partial charge in [0.15, 0.2) is 6.29 Å². The number of rotatable bonds is 59. The average Bonchev–Trinajstić information content (AvgIpc) is 3.46. The Balaban J connectivity index is 2.01. The van der Waals surface area contributed by atoms with Crippen LogP contribution < -0.4 is 5.32 Å². The van der Waals surface area contributed by atoms with Crippen molar-refractivity contribution in [2.24, 2.45) is 0 Å². The first kappa shape index (κ1) is 75.6. The summed E-state index contributed by atoms with van der Waals surface area (Å²) in [6, 6.07) is -0.835. The molecule has 0 aliphatic carbocycles. The number of hydrogen-bond acceptors (Lipinski definition) is 10. The number of carbonyl (C=O) groups excluding carboxylic acids is 2. The van der Waals surface area contributed by atoms with Crippen molar-refractivity contribution in [3.05, 3.63) is 48.6 Å². The van der Waals surface area contributed by atoms with Gasteiger partial charge in [0.1, 0.15) is 24.4 Å². The van der Waals surface area contributed by atoms with Gasteiger partial charge in [-0.2, -0.15) is 0 Å². The molecule has 0 saturated carbocycles. The zero-order chi connectivity index (χ0) is 58.0. The summed E-state index contributed by atoms with van der Waals surface area (Å²) >= 11 is 0. The molecule has 1 aliphatic heterocycles. The second-order valence-corrected chi connectivity index (χ2v) is 23.5. The zero-order valence-electron chi connectivity index (χ0n) is 51.8. The van der Waals surface area contributed by atoms with E-state index in [0.717, 1.165) is 70.6 Å². The number of amides is 1. The topological polar surface area (TPSA) is 175 Å². The van der Waals surface area contributed by atoms with E-state index in [0.29, 0.717) is 19.4 Å². The number of ether oxygens (including phenoxy) is 3. The van der Waals surface area contributed by atoms with Gasteiger partial charge in [0, 0.05) is 12.8 Å². The lowest BCUT2D eigenvalue weighted by Crippen LogP contribution is -2.60. The van der Waals surface area contributed by atoms with Crippen molar-refractivity contribution in [1.82, 2.24) is 5.32 Å². The second kappa shape index (κ2) is 58.4. The number of aliphatic hydroxyl groups excluding tert-OH is 5. The molecule has 0 aromatic carbocycles. The normalized spacial score (nSPS) is 18.6. The van der Waals surface area contributed by atoms with E-state index in [4.69, 9.17) is 14.2 Å². The Hall–Kier alpha value is -2.38. The first-order valence-electron chi connectivity index (χ1n) is 33.9. The van der Waals surface area contributed by atoms with E-state index in [-0.39, 0.29) is 18.5 Å². The molecule has 7 unspecified atom stereocenters. The van der Waals surface area contributed by atoms with Crippen molar-refractivity contribution in [2.75, 3.05) is 19.8 Å². The van der Waals surface area contributed by atoms with E-state index in [1.54, 1.807) is 6.08 Å². The van der Waals surface area contributed by atoms with E-state index in [1.165, 1.54) is 218 Å². The lowest BCUT2D eigenvalue weighted by atomic mass is 9.99. The maximum absolute atomic E-state index is 13.0. The largest absolute Gasteiger partial charge is 0.466 e. The van der Waals surface area contributed by atoms with E-state index in [1.807, 2.05) is 6.08 Å². The summed E-state index contributed by atoms with van der Waals surface area (Å²) in [7, 11) is 0. The Kier molecular flexibility index (Phi) is 55.2. The fourth-order valence-electron chi connectivity index (χ4n) is 10.5. The fourth-order valence-corrected chi connectivity index (χ4v) is 10.5. The van der Waals surface area contributed by atoms with Crippen LogP contribution in [0, 0.1) is 0 Å². The summed E-state index contributed by atoms with van der Waals surface area (Å²) < 4.78 is 16.7. The van der Waals surface area contributed by atoms with Crippen molar-refractivity contribution >= 4 is 11.9 Å². The number of allylic oxidation sites excluding steroid dienone is 7. The molecule has 1 rings (SSSR count). The second-order valence-electron chi connectivity index (χ2n) is 23.5. The molecule has 0 spiro atoms. The lowest BCUT2D eigenvalue weighted by Gasteiger charge is -2.40. The minimum Gasteiger partial charge on any atom is -0.466 e. The van der Waals surface area contributed by atoms with Gasteiger partial charge in [-0.05, 0) is 83.5 Å². The van der Waals surface area contributed by atoms with Crippen LogP contribution in [0.25, 0.3) is 0 Å². The van der Waals surface area contributed by atoms with Gasteiger partial charge in [0.05, 0.1) is 32.0 Å². The maximum Gasteiger partial charge on any atom is 0.305 e.